The average Bonchev–Trinajstić information content (AvgIpc) is 3.38. The van der Waals surface area contributed by atoms with Gasteiger partial charge in [0, 0.05) is 53.6 Å². The van der Waals surface area contributed by atoms with Gasteiger partial charge in [-0.3, -0.25) is 4.79 Å². The zero-order valence-electron chi connectivity index (χ0n) is 22.5. The first-order chi connectivity index (χ1) is 19.4. The second-order valence-corrected chi connectivity index (χ2v) is 13.9. The number of rotatable bonds is 7. The molecule has 0 unspecified atom stereocenters. The molecule has 0 saturated heterocycles. The van der Waals surface area contributed by atoms with Crippen LogP contribution in [0.2, 0.25) is 0 Å². The lowest BCUT2D eigenvalue weighted by Gasteiger charge is -2.16. The van der Waals surface area contributed by atoms with E-state index in [1.54, 1.807) is 66.9 Å². The van der Waals surface area contributed by atoms with Gasteiger partial charge in [0.1, 0.15) is 5.52 Å². The fourth-order valence-corrected chi connectivity index (χ4v) is 6.80. The molecule has 5 rings (SSSR count). The lowest BCUT2D eigenvalue weighted by Crippen LogP contribution is -2.22. The van der Waals surface area contributed by atoms with Crippen LogP contribution in [0.5, 0.6) is 0 Å². The molecular formula is C30H26N4O5S2. The summed E-state index contributed by atoms with van der Waals surface area (Å²) < 4.78 is 53.8. The van der Waals surface area contributed by atoms with Crippen molar-refractivity contribution in [1.29, 1.82) is 5.26 Å². The Balaban J connectivity index is 1.74. The highest BCUT2D eigenvalue weighted by Gasteiger charge is 2.24. The predicted molar refractivity (Wildman–Crippen MR) is 159 cm³/mol. The molecule has 9 nitrogen and oxygen atoms in total. The lowest BCUT2D eigenvalue weighted by molar-refractivity contribution is 0.588. The quantitative estimate of drug-likeness (QED) is 0.292. The molecule has 2 heterocycles. The number of aryl methyl sites for hydroxylation is 2. The van der Waals surface area contributed by atoms with Gasteiger partial charge < -0.3 is 9.88 Å². The summed E-state index contributed by atoms with van der Waals surface area (Å²) in [6, 6.07) is 22.0. The molecule has 2 aromatic heterocycles. The minimum atomic E-state index is -4.09. The van der Waals surface area contributed by atoms with Gasteiger partial charge in [-0.15, -0.1) is 0 Å². The molecule has 0 aliphatic carbocycles. The highest BCUT2D eigenvalue weighted by atomic mass is 32.2. The van der Waals surface area contributed by atoms with Crippen molar-refractivity contribution in [2.75, 3.05) is 11.6 Å². The second kappa shape index (κ2) is 10.4. The summed E-state index contributed by atoms with van der Waals surface area (Å²) in [7, 11) is -5.91. The van der Waals surface area contributed by atoms with E-state index in [2.05, 4.69) is 11.4 Å². The van der Waals surface area contributed by atoms with E-state index in [9.17, 15) is 21.6 Å². The number of nitrogens with one attached hydrogen (secondary N) is 1. The van der Waals surface area contributed by atoms with E-state index >= 15 is 0 Å². The summed E-state index contributed by atoms with van der Waals surface area (Å²) in [5.74, 6) is -0.200. The average molecular weight is 587 g/mol. The monoisotopic (exact) mass is 586 g/mol. The molecule has 208 valence electrons. The van der Waals surface area contributed by atoms with Crippen LogP contribution in [0.4, 0.5) is 11.4 Å². The van der Waals surface area contributed by atoms with Crippen molar-refractivity contribution in [2.24, 2.45) is 7.05 Å². The number of nitrogens with zero attached hydrogens (tertiary/aromatic N) is 3. The summed E-state index contributed by atoms with van der Waals surface area (Å²) in [6.45, 7) is 1.85. The van der Waals surface area contributed by atoms with Gasteiger partial charge >= 0.3 is 0 Å². The van der Waals surface area contributed by atoms with E-state index < -0.39 is 25.4 Å². The molecule has 0 radical (unpaired) electrons. The standard InChI is InChI=1S/C30H26N4O5S2/c1-20-4-11-24(12-5-20)41(38,39)34-15-14-25-27(18-33(2)30(35)29(25)34)26-16-22(19-40(3,36)37)8-13-28(26)32-23-9-6-21(17-31)7-10-23/h4-16,18,32H,19H2,1-3H3. The molecule has 0 aliphatic heterocycles. The van der Waals surface area contributed by atoms with Crippen molar-refractivity contribution in [2.45, 2.75) is 17.6 Å². The van der Waals surface area contributed by atoms with E-state index in [1.807, 2.05) is 6.92 Å². The Morgan fingerprint density at radius 1 is 0.902 bits per heavy atom. The minimum Gasteiger partial charge on any atom is -0.355 e. The predicted octanol–water partition coefficient (Wildman–Crippen LogP) is 4.71. The maximum atomic E-state index is 13.6. The zero-order chi connectivity index (χ0) is 29.5. The van der Waals surface area contributed by atoms with Crippen molar-refractivity contribution >= 4 is 42.1 Å². The number of anilines is 2. The SMILES string of the molecule is Cc1ccc(S(=O)(=O)n2ccc3c(-c4cc(CS(C)(=O)=O)ccc4Nc4ccc(C#N)cc4)cn(C)c(=O)c32)cc1. The Hall–Kier alpha value is -4.66. The molecule has 0 bridgehead atoms. The first kappa shape index (κ1) is 27.9. The lowest BCUT2D eigenvalue weighted by atomic mass is 9.99. The van der Waals surface area contributed by atoms with Gasteiger partial charge in [0.2, 0.25) is 0 Å². The van der Waals surface area contributed by atoms with E-state index in [4.69, 9.17) is 5.26 Å². The van der Waals surface area contributed by atoms with Crippen LogP contribution >= 0.6 is 0 Å². The van der Waals surface area contributed by atoms with Gasteiger partial charge in [0.15, 0.2) is 9.84 Å². The maximum absolute atomic E-state index is 13.6. The Morgan fingerprint density at radius 3 is 2.22 bits per heavy atom. The minimum absolute atomic E-state index is 0.0246. The molecule has 0 fully saturated rings. The number of sulfone groups is 1. The van der Waals surface area contributed by atoms with Crippen LogP contribution in [0.1, 0.15) is 16.7 Å². The molecule has 0 amide bonds. The zero-order valence-corrected chi connectivity index (χ0v) is 24.1. The summed E-state index contributed by atoms with van der Waals surface area (Å²) in [4.78, 5) is 13.4. The summed E-state index contributed by atoms with van der Waals surface area (Å²) in [5, 5.41) is 12.8. The first-order valence-electron chi connectivity index (χ1n) is 12.5. The fourth-order valence-electron chi connectivity index (χ4n) is 4.67. The maximum Gasteiger partial charge on any atom is 0.275 e. The highest BCUT2D eigenvalue weighted by Crippen LogP contribution is 2.36. The first-order valence-corrected chi connectivity index (χ1v) is 16.0. The molecule has 11 heteroatoms. The van der Waals surface area contributed by atoms with Crippen molar-refractivity contribution < 1.29 is 16.8 Å². The molecule has 0 aliphatic rings. The van der Waals surface area contributed by atoms with Crippen molar-refractivity contribution in [3.05, 3.63) is 112 Å². The van der Waals surface area contributed by atoms with Gasteiger partial charge in [0.25, 0.3) is 15.6 Å². The van der Waals surface area contributed by atoms with Crippen LogP contribution in [-0.4, -0.2) is 31.6 Å². The molecule has 0 spiro atoms. The largest absolute Gasteiger partial charge is 0.355 e. The normalized spacial score (nSPS) is 11.9. The fraction of sp³-hybridized carbons (Fsp3) is 0.133. The van der Waals surface area contributed by atoms with Gasteiger partial charge in [-0.25, -0.2) is 20.8 Å². The number of fused-ring (bicyclic) bond motifs is 1. The number of pyridine rings is 1. The number of benzene rings is 3. The van der Waals surface area contributed by atoms with Crippen molar-refractivity contribution in [1.82, 2.24) is 8.54 Å². The summed E-state index contributed by atoms with van der Waals surface area (Å²) >= 11 is 0. The van der Waals surface area contributed by atoms with E-state index in [0.29, 0.717) is 39.0 Å². The van der Waals surface area contributed by atoms with Crippen LogP contribution in [0.25, 0.3) is 22.0 Å². The van der Waals surface area contributed by atoms with Crippen LogP contribution < -0.4 is 10.9 Å². The van der Waals surface area contributed by atoms with Gasteiger partial charge in [-0.05, 0) is 67.1 Å². The third kappa shape index (κ3) is 5.52. The van der Waals surface area contributed by atoms with Crippen molar-refractivity contribution in [3.8, 4) is 17.2 Å². The number of hydrogen-bond donors (Lipinski definition) is 1. The van der Waals surface area contributed by atoms with Gasteiger partial charge in [-0.2, -0.15) is 5.26 Å². The molecule has 41 heavy (non-hydrogen) atoms. The van der Waals surface area contributed by atoms with Crippen LogP contribution in [0, 0.1) is 18.3 Å². The number of nitriles is 1. The Bertz CT molecular complexity index is 2120. The van der Waals surface area contributed by atoms with Crippen LogP contribution in [0.15, 0.2) is 94.9 Å². The van der Waals surface area contributed by atoms with Crippen LogP contribution in [-0.2, 0) is 32.7 Å². The number of hydrogen-bond acceptors (Lipinski definition) is 7. The molecule has 0 saturated carbocycles. The number of aromatic nitrogens is 2. The Morgan fingerprint density at radius 2 is 1.59 bits per heavy atom. The van der Waals surface area contributed by atoms with Gasteiger partial charge in [-0.1, -0.05) is 23.8 Å². The molecule has 0 atom stereocenters. The third-order valence-corrected chi connectivity index (χ3v) is 9.21. The second-order valence-electron chi connectivity index (χ2n) is 9.91. The Kier molecular flexibility index (Phi) is 7.07. The summed E-state index contributed by atoms with van der Waals surface area (Å²) in [6.07, 6.45) is 4.12. The van der Waals surface area contributed by atoms with Crippen molar-refractivity contribution in [3.63, 3.8) is 0 Å². The van der Waals surface area contributed by atoms with Gasteiger partial charge in [0.05, 0.1) is 22.3 Å². The van der Waals surface area contributed by atoms with E-state index in [-0.39, 0.29) is 16.2 Å². The smallest absolute Gasteiger partial charge is 0.275 e. The molecule has 5 aromatic rings. The Labute approximate surface area is 237 Å². The highest BCUT2D eigenvalue weighted by molar-refractivity contribution is 7.90. The summed E-state index contributed by atoms with van der Waals surface area (Å²) in [5.41, 5.74) is 3.78. The molecule has 3 aromatic carbocycles. The molecular weight excluding hydrogens is 560 g/mol. The molecule has 1 N–H and O–H groups in total. The third-order valence-electron chi connectivity index (χ3n) is 6.66. The van der Waals surface area contributed by atoms with E-state index in [0.717, 1.165) is 15.8 Å². The topological polar surface area (TPSA) is 131 Å². The van der Waals surface area contributed by atoms with E-state index in [1.165, 1.54) is 29.9 Å². The van der Waals surface area contributed by atoms with Crippen LogP contribution in [0.3, 0.4) is 0 Å².